The Hall–Kier alpha value is -2.09. The lowest BCUT2D eigenvalue weighted by molar-refractivity contribution is 0.0671. The number of nitrogens with zero attached hydrogens (tertiary/aromatic N) is 3. The molecular weight excluding hydrogens is 366 g/mol. The molecule has 0 fully saturated rings. The molecule has 7 nitrogen and oxygen atoms in total. The SMILES string of the molecule is CCNC(=NCC(C)(O)c1cnn(C)c1)NCC(OC)c1cccc(Cl)c1. The van der Waals surface area contributed by atoms with Crippen LogP contribution in [0.5, 0.6) is 0 Å². The van der Waals surface area contributed by atoms with Crippen molar-refractivity contribution in [1.82, 2.24) is 20.4 Å². The number of aliphatic hydroxyl groups is 1. The molecule has 8 heteroatoms. The van der Waals surface area contributed by atoms with E-state index in [9.17, 15) is 5.11 Å². The number of methoxy groups -OCH3 is 1. The smallest absolute Gasteiger partial charge is 0.191 e. The number of ether oxygens (including phenoxy) is 1. The minimum Gasteiger partial charge on any atom is -0.383 e. The number of aliphatic imine (C=N–C) groups is 1. The number of halogens is 1. The average molecular weight is 394 g/mol. The average Bonchev–Trinajstić information content (AvgIpc) is 3.07. The van der Waals surface area contributed by atoms with E-state index in [1.54, 1.807) is 31.1 Å². The molecule has 2 unspecified atom stereocenters. The summed E-state index contributed by atoms with van der Waals surface area (Å²) in [7, 11) is 3.47. The second kappa shape index (κ2) is 9.73. The summed E-state index contributed by atoms with van der Waals surface area (Å²) in [5.41, 5.74) is 0.596. The van der Waals surface area contributed by atoms with E-state index in [2.05, 4.69) is 20.7 Å². The maximum atomic E-state index is 10.7. The van der Waals surface area contributed by atoms with Gasteiger partial charge in [0.05, 0.1) is 18.8 Å². The predicted octanol–water partition coefficient (Wildman–Crippen LogP) is 2.22. The van der Waals surface area contributed by atoms with E-state index in [0.717, 1.165) is 11.1 Å². The van der Waals surface area contributed by atoms with E-state index in [-0.39, 0.29) is 12.6 Å². The van der Waals surface area contributed by atoms with E-state index >= 15 is 0 Å². The van der Waals surface area contributed by atoms with E-state index in [4.69, 9.17) is 16.3 Å². The van der Waals surface area contributed by atoms with Crippen LogP contribution in [0.4, 0.5) is 0 Å². The number of benzene rings is 1. The maximum absolute atomic E-state index is 10.7. The Labute approximate surface area is 165 Å². The summed E-state index contributed by atoms with van der Waals surface area (Å²) >= 11 is 6.07. The molecule has 2 aromatic rings. The summed E-state index contributed by atoms with van der Waals surface area (Å²) in [6.45, 7) is 5.12. The maximum Gasteiger partial charge on any atom is 0.191 e. The number of aromatic nitrogens is 2. The molecule has 0 amide bonds. The Bertz CT molecular complexity index is 760. The molecule has 0 bridgehead atoms. The van der Waals surface area contributed by atoms with Gasteiger partial charge in [0, 0.05) is 44.0 Å². The van der Waals surface area contributed by atoms with Gasteiger partial charge < -0.3 is 20.5 Å². The first-order valence-corrected chi connectivity index (χ1v) is 9.25. The molecule has 0 aliphatic heterocycles. The molecule has 0 aliphatic rings. The number of aryl methyl sites for hydroxylation is 1. The predicted molar refractivity (Wildman–Crippen MR) is 108 cm³/mol. The second-order valence-electron chi connectivity index (χ2n) is 6.53. The van der Waals surface area contributed by atoms with Crippen molar-refractivity contribution in [2.45, 2.75) is 25.6 Å². The zero-order chi connectivity index (χ0) is 19.9. The first-order valence-electron chi connectivity index (χ1n) is 8.87. The van der Waals surface area contributed by atoms with E-state index in [0.29, 0.717) is 24.1 Å². The highest BCUT2D eigenvalue weighted by atomic mass is 35.5. The van der Waals surface area contributed by atoms with Gasteiger partial charge in [-0.2, -0.15) is 5.10 Å². The summed E-state index contributed by atoms with van der Waals surface area (Å²) in [6.07, 6.45) is 3.26. The standard InChI is InChI=1S/C19H28ClN5O2/c1-5-21-18(23-13-19(2,26)15-10-24-25(3)12-15)22-11-17(27-4)14-7-6-8-16(20)9-14/h6-10,12,17,26H,5,11,13H2,1-4H3,(H2,21,22,23). The third kappa shape index (κ3) is 6.23. The minimum atomic E-state index is -1.11. The Kier molecular flexibility index (Phi) is 7.65. The highest BCUT2D eigenvalue weighted by molar-refractivity contribution is 6.30. The molecule has 148 valence electrons. The Morgan fingerprint density at radius 1 is 1.44 bits per heavy atom. The summed E-state index contributed by atoms with van der Waals surface area (Å²) in [5, 5.41) is 21.9. The van der Waals surface area contributed by atoms with E-state index in [1.807, 2.05) is 38.2 Å². The first-order chi connectivity index (χ1) is 12.9. The lowest BCUT2D eigenvalue weighted by Gasteiger charge is -2.22. The lowest BCUT2D eigenvalue weighted by atomic mass is 10.0. The third-order valence-electron chi connectivity index (χ3n) is 4.18. The molecular formula is C19H28ClN5O2. The van der Waals surface area contributed by atoms with Crippen LogP contribution >= 0.6 is 11.6 Å². The summed E-state index contributed by atoms with van der Waals surface area (Å²) < 4.78 is 7.23. The quantitative estimate of drug-likeness (QED) is 0.473. The molecule has 0 saturated carbocycles. The number of hydrogen-bond donors (Lipinski definition) is 3. The van der Waals surface area contributed by atoms with Crippen LogP contribution in [0.15, 0.2) is 41.7 Å². The number of hydrogen-bond acceptors (Lipinski definition) is 4. The van der Waals surface area contributed by atoms with Crippen LogP contribution in [0.25, 0.3) is 0 Å². The van der Waals surface area contributed by atoms with E-state index < -0.39 is 5.60 Å². The molecule has 0 aliphatic carbocycles. The normalized spacial score (nSPS) is 15.3. The Morgan fingerprint density at radius 2 is 2.22 bits per heavy atom. The van der Waals surface area contributed by atoms with Crippen molar-refractivity contribution in [3.05, 3.63) is 52.8 Å². The summed E-state index contributed by atoms with van der Waals surface area (Å²) in [6, 6.07) is 7.58. The largest absolute Gasteiger partial charge is 0.383 e. The van der Waals surface area contributed by atoms with Crippen molar-refractivity contribution in [2.24, 2.45) is 12.0 Å². The molecule has 1 aromatic heterocycles. The number of rotatable bonds is 8. The fourth-order valence-corrected chi connectivity index (χ4v) is 2.80. The molecule has 1 aromatic carbocycles. The lowest BCUT2D eigenvalue weighted by Crippen LogP contribution is -2.40. The van der Waals surface area contributed by atoms with Crippen molar-refractivity contribution < 1.29 is 9.84 Å². The van der Waals surface area contributed by atoms with Gasteiger partial charge in [0.2, 0.25) is 0 Å². The fourth-order valence-electron chi connectivity index (χ4n) is 2.60. The number of guanidine groups is 1. The van der Waals surface area contributed by atoms with Crippen LogP contribution in [-0.4, -0.2) is 47.6 Å². The van der Waals surface area contributed by atoms with Crippen molar-refractivity contribution in [3.63, 3.8) is 0 Å². The molecule has 0 saturated heterocycles. The van der Waals surface area contributed by atoms with Gasteiger partial charge in [0.25, 0.3) is 0 Å². The van der Waals surface area contributed by atoms with Gasteiger partial charge in [0.15, 0.2) is 5.96 Å². The molecule has 1 heterocycles. The van der Waals surface area contributed by atoms with Crippen molar-refractivity contribution in [3.8, 4) is 0 Å². The van der Waals surface area contributed by atoms with Crippen molar-refractivity contribution in [1.29, 1.82) is 0 Å². The Morgan fingerprint density at radius 3 is 2.81 bits per heavy atom. The molecule has 3 N–H and O–H groups in total. The van der Waals surface area contributed by atoms with E-state index in [1.165, 1.54) is 0 Å². The fraction of sp³-hybridized carbons (Fsp3) is 0.474. The van der Waals surface area contributed by atoms with Crippen LogP contribution in [0.2, 0.25) is 5.02 Å². The molecule has 0 spiro atoms. The highest BCUT2D eigenvalue weighted by Crippen LogP contribution is 2.21. The van der Waals surface area contributed by atoms with Crippen molar-refractivity contribution >= 4 is 17.6 Å². The van der Waals surface area contributed by atoms with Crippen LogP contribution in [0.1, 0.15) is 31.1 Å². The van der Waals surface area contributed by atoms with Gasteiger partial charge in [-0.25, -0.2) is 4.99 Å². The Balaban J connectivity index is 2.04. The summed E-state index contributed by atoms with van der Waals surface area (Å²) in [4.78, 5) is 4.51. The molecule has 2 atom stereocenters. The third-order valence-corrected chi connectivity index (χ3v) is 4.41. The van der Waals surface area contributed by atoms with Gasteiger partial charge in [-0.05, 0) is 31.5 Å². The zero-order valence-electron chi connectivity index (χ0n) is 16.2. The molecule has 2 rings (SSSR count). The van der Waals surface area contributed by atoms with Crippen molar-refractivity contribution in [2.75, 3.05) is 26.7 Å². The van der Waals surface area contributed by atoms with Crippen LogP contribution < -0.4 is 10.6 Å². The van der Waals surface area contributed by atoms with Gasteiger partial charge in [0.1, 0.15) is 5.60 Å². The van der Waals surface area contributed by atoms with Gasteiger partial charge in [-0.15, -0.1) is 0 Å². The molecule has 27 heavy (non-hydrogen) atoms. The van der Waals surface area contributed by atoms with Gasteiger partial charge in [-0.3, -0.25) is 4.68 Å². The van der Waals surface area contributed by atoms with Crippen LogP contribution in [0, 0.1) is 0 Å². The highest BCUT2D eigenvalue weighted by Gasteiger charge is 2.24. The topological polar surface area (TPSA) is 83.7 Å². The zero-order valence-corrected chi connectivity index (χ0v) is 17.0. The van der Waals surface area contributed by atoms with Crippen LogP contribution in [-0.2, 0) is 17.4 Å². The van der Waals surface area contributed by atoms with Gasteiger partial charge >= 0.3 is 0 Å². The summed E-state index contributed by atoms with van der Waals surface area (Å²) in [5.74, 6) is 0.603. The number of nitrogens with one attached hydrogen (secondary N) is 2. The first kappa shape index (κ1) is 21.2. The van der Waals surface area contributed by atoms with Crippen LogP contribution in [0.3, 0.4) is 0 Å². The monoisotopic (exact) mass is 393 g/mol. The second-order valence-corrected chi connectivity index (χ2v) is 6.97. The minimum absolute atomic E-state index is 0.175. The molecule has 0 radical (unpaired) electrons. The van der Waals surface area contributed by atoms with Gasteiger partial charge in [-0.1, -0.05) is 23.7 Å².